The van der Waals surface area contributed by atoms with Gasteiger partial charge < -0.3 is 9.64 Å². The maximum atomic E-state index is 12.7. The summed E-state index contributed by atoms with van der Waals surface area (Å²) in [7, 11) is 0.281. The van der Waals surface area contributed by atoms with Crippen LogP contribution in [0.15, 0.2) is 41.3 Å². The number of benzene rings is 1. The number of aromatic nitrogens is 2. The van der Waals surface area contributed by atoms with Crippen LogP contribution < -0.4 is 9.64 Å². The number of sulfonamides is 1. The van der Waals surface area contributed by atoms with E-state index in [1.54, 1.807) is 30.3 Å². The maximum Gasteiger partial charge on any atom is 0.243 e. The Labute approximate surface area is 148 Å². The minimum absolute atomic E-state index is 0.222. The van der Waals surface area contributed by atoms with Crippen molar-refractivity contribution < 1.29 is 13.2 Å². The molecule has 134 valence electrons. The zero-order valence-corrected chi connectivity index (χ0v) is 15.4. The number of aryl methyl sites for hydroxylation is 1. The molecule has 25 heavy (non-hydrogen) atoms. The second kappa shape index (κ2) is 6.97. The number of rotatable bonds is 5. The van der Waals surface area contributed by atoms with E-state index in [1.807, 2.05) is 32.0 Å². The normalized spacial score (nSPS) is 18.3. The van der Waals surface area contributed by atoms with Gasteiger partial charge in [0.1, 0.15) is 6.10 Å². The predicted octanol–water partition coefficient (Wildman–Crippen LogP) is 1.69. The van der Waals surface area contributed by atoms with Crippen molar-refractivity contribution in [2.24, 2.45) is 0 Å². The highest BCUT2D eigenvalue weighted by atomic mass is 32.2. The molecule has 1 aliphatic rings. The van der Waals surface area contributed by atoms with Gasteiger partial charge >= 0.3 is 0 Å². The van der Waals surface area contributed by atoms with Crippen molar-refractivity contribution in [1.82, 2.24) is 14.5 Å². The van der Waals surface area contributed by atoms with Gasteiger partial charge in [-0.1, -0.05) is 17.7 Å². The van der Waals surface area contributed by atoms with E-state index in [-0.39, 0.29) is 6.10 Å². The van der Waals surface area contributed by atoms with Gasteiger partial charge in [0.15, 0.2) is 5.82 Å². The molecule has 3 rings (SSSR count). The van der Waals surface area contributed by atoms with Crippen molar-refractivity contribution in [3.8, 4) is 5.88 Å². The zero-order valence-electron chi connectivity index (χ0n) is 14.6. The van der Waals surface area contributed by atoms with Gasteiger partial charge in [0.05, 0.1) is 11.4 Å². The summed E-state index contributed by atoms with van der Waals surface area (Å²) < 4.78 is 32.7. The molecule has 2 aromatic rings. The van der Waals surface area contributed by atoms with E-state index in [2.05, 4.69) is 10.2 Å². The summed E-state index contributed by atoms with van der Waals surface area (Å²) in [6.45, 7) is 2.68. The maximum absolute atomic E-state index is 12.7. The topological polar surface area (TPSA) is 75.6 Å². The van der Waals surface area contributed by atoms with Crippen LogP contribution in [-0.4, -0.2) is 56.2 Å². The SMILES string of the molecule is Cc1ccc(S(=O)(=O)N2CC[C@H](Oc3ccc(N(C)C)nn3)C2)cc1. The molecular formula is C17H22N4O3S. The second-order valence-corrected chi connectivity index (χ2v) is 8.27. The molecule has 1 aromatic carbocycles. The average molecular weight is 362 g/mol. The lowest BCUT2D eigenvalue weighted by molar-refractivity contribution is 0.204. The van der Waals surface area contributed by atoms with Crippen LogP contribution in [0.1, 0.15) is 12.0 Å². The molecule has 1 aromatic heterocycles. The highest BCUT2D eigenvalue weighted by Gasteiger charge is 2.33. The van der Waals surface area contributed by atoms with Crippen molar-refractivity contribution >= 4 is 15.8 Å². The van der Waals surface area contributed by atoms with E-state index in [4.69, 9.17) is 4.74 Å². The standard InChI is InChI=1S/C17H22N4O3S/c1-13-4-6-15(7-5-13)25(22,23)21-11-10-14(12-21)24-17-9-8-16(18-19-17)20(2)3/h4-9,14H,10-12H2,1-3H3/t14-/m0/s1. The van der Waals surface area contributed by atoms with Gasteiger partial charge in [0.2, 0.25) is 15.9 Å². The van der Waals surface area contributed by atoms with Crippen molar-refractivity contribution in [2.45, 2.75) is 24.3 Å². The average Bonchev–Trinajstić information content (AvgIpc) is 3.05. The molecule has 7 nitrogen and oxygen atoms in total. The van der Waals surface area contributed by atoms with Crippen molar-refractivity contribution in [1.29, 1.82) is 0 Å². The lowest BCUT2D eigenvalue weighted by Gasteiger charge is -2.17. The molecule has 0 bridgehead atoms. The lowest BCUT2D eigenvalue weighted by atomic mass is 10.2. The second-order valence-electron chi connectivity index (χ2n) is 6.33. The van der Waals surface area contributed by atoms with E-state index in [1.165, 1.54) is 4.31 Å². The van der Waals surface area contributed by atoms with Gasteiger partial charge in [-0.2, -0.15) is 4.31 Å². The van der Waals surface area contributed by atoms with Crippen LogP contribution in [0.4, 0.5) is 5.82 Å². The molecule has 1 aliphatic heterocycles. The van der Waals surface area contributed by atoms with Crippen LogP contribution in [0.2, 0.25) is 0 Å². The van der Waals surface area contributed by atoms with E-state index in [9.17, 15) is 8.42 Å². The third kappa shape index (κ3) is 3.91. The fourth-order valence-electron chi connectivity index (χ4n) is 2.66. The Morgan fingerprint density at radius 1 is 1.12 bits per heavy atom. The van der Waals surface area contributed by atoms with Crippen LogP contribution in [0.25, 0.3) is 0 Å². The fourth-order valence-corrected chi connectivity index (χ4v) is 4.14. The summed E-state index contributed by atoms with van der Waals surface area (Å²) in [5.41, 5.74) is 1.03. The van der Waals surface area contributed by atoms with Crippen molar-refractivity contribution in [3.05, 3.63) is 42.0 Å². The Morgan fingerprint density at radius 2 is 1.84 bits per heavy atom. The molecule has 1 saturated heterocycles. The molecule has 1 atom stereocenters. The minimum atomic E-state index is -3.49. The van der Waals surface area contributed by atoms with Gasteiger partial charge in [-0.15, -0.1) is 10.2 Å². The Balaban J connectivity index is 1.66. The number of hydrogen-bond acceptors (Lipinski definition) is 6. The Hall–Kier alpha value is -2.19. The molecule has 0 radical (unpaired) electrons. The molecule has 0 unspecified atom stereocenters. The third-order valence-electron chi connectivity index (χ3n) is 4.14. The predicted molar refractivity (Wildman–Crippen MR) is 95.3 cm³/mol. The van der Waals surface area contributed by atoms with Gasteiger partial charge in [-0.25, -0.2) is 8.42 Å². The van der Waals surface area contributed by atoms with Crippen LogP contribution in [0.5, 0.6) is 5.88 Å². The van der Waals surface area contributed by atoms with Crippen molar-refractivity contribution in [3.63, 3.8) is 0 Å². The van der Waals surface area contributed by atoms with Gasteiger partial charge in [-0.3, -0.25) is 0 Å². The van der Waals surface area contributed by atoms with E-state index in [0.29, 0.717) is 30.3 Å². The number of anilines is 1. The van der Waals surface area contributed by atoms with Gasteiger partial charge in [0, 0.05) is 26.7 Å². The molecule has 2 heterocycles. The first-order chi connectivity index (χ1) is 11.9. The third-order valence-corrected chi connectivity index (χ3v) is 6.02. The fraction of sp³-hybridized carbons (Fsp3) is 0.412. The van der Waals surface area contributed by atoms with Crippen LogP contribution >= 0.6 is 0 Å². The Bertz CT molecular complexity index is 820. The molecular weight excluding hydrogens is 340 g/mol. The molecule has 8 heteroatoms. The van der Waals surface area contributed by atoms with Gasteiger partial charge in [-0.05, 0) is 31.5 Å². The van der Waals surface area contributed by atoms with Crippen LogP contribution in [0, 0.1) is 6.92 Å². The van der Waals surface area contributed by atoms with Crippen molar-refractivity contribution in [2.75, 3.05) is 32.1 Å². The first kappa shape index (κ1) is 17.6. The Morgan fingerprint density at radius 3 is 2.44 bits per heavy atom. The first-order valence-corrected chi connectivity index (χ1v) is 9.55. The molecule has 0 spiro atoms. The quantitative estimate of drug-likeness (QED) is 0.806. The van der Waals surface area contributed by atoms with E-state index >= 15 is 0 Å². The summed E-state index contributed by atoms with van der Waals surface area (Å²) >= 11 is 0. The minimum Gasteiger partial charge on any atom is -0.472 e. The number of nitrogens with zero attached hydrogens (tertiary/aromatic N) is 4. The Kier molecular flexibility index (Phi) is 4.91. The molecule has 0 amide bonds. The van der Waals surface area contributed by atoms with Gasteiger partial charge in [0.25, 0.3) is 0 Å². The van der Waals surface area contributed by atoms with Crippen LogP contribution in [0.3, 0.4) is 0 Å². The molecule has 0 saturated carbocycles. The largest absolute Gasteiger partial charge is 0.472 e. The van der Waals surface area contributed by atoms with E-state index < -0.39 is 10.0 Å². The molecule has 1 fully saturated rings. The summed E-state index contributed by atoms with van der Waals surface area (Å²) in [5.74, 6) is 1.15. The summed E-state index contributed by atoms with van der Waals surface area (Å²) in [4.78, 5) is 2.16. The highest BCUT2D eigenvalue weighted by Crippen LogP contribution is 2.24. The summed E-state index contributed by atoms with van der Waals surface area (Å²) in [5, 5.41) is 8.10. The lowest BCUT2D eigenvalue weighted by Crippen LogP contribution is -2.31. The summed E-state index contributed by atoms with van der Waals surface area (Å²) in [6, 6.07) is 10.5. The summed E-state index contributed by atoms with van der Waals surface area (Å²) in [6.07, 6.45) is 0.405. The molecule has 0 aliphatic carbocycles. The van der Waals surface area contributed by atoms with Crippen LogP contribution in [-0.2, 0) is 10.0 Å². The first-order valence-electron chi connectivity index (χ1n) is 8.11. The number of ether oxygens (including phenoxy) is 1. The molecule has 0 N–H and O–H groups in total. The van der Waals surface area contributed by atoms with E-state index in [0.717, 1.165) is 11.4 Å². The zero-order chi connectivity index (χ0) is 18.0. The monoisotopic (exact) mass is 362 g/mol. The smallest absolute Gasteiger partial charge is 0.243 e. The number of hydrogen-bond donors (Lipinski definition) is 0. The highest BCUT2D eigenvalue weighted by molar-refractivity contribution is 7.89.